The summed E-state index contributed by atoms with van der Waals surface area (Å²) >= 11 is 0. The van der Waals surface area contributed by atoms with Crippen molar-refractivity contribution in [1.29, 1.82) is 5.26 Å². The molecule has 1 N–H and O–H groups in total. The quantitative estimate of drug-likeness (QED) is 0.871. The second-order valence-electron chi connectivity index (χ2n) is 4.79. The summed E-state index contributed by atoms with van der Waals surface area (Å²) in [5.41, 5.74) is -0.132. The first-order valence-electron chi connectivity index (χ1n) is 6.07. The van der Waals surface area contributed by atoms with Gasteiger partial charge in [0.05, 0.1) is 11.8 Å². The molecule has 94 valence electrons. The van der Waals surface area contributed by atoms with Crippen molar-refractivity contribution < 1.29 is 9.18 Å². The molecule has 1 aromatic carbocycles. The van der Waals surface area contributed by atoms with E-state index in [9.17, 15) is 14.4 Å². The van der Waals surface area contributed by atoms with Crippen LogP contribution in [0.25, 0.3) is 0 Å². The summed E-state index contributed by atoms with van der Waals surface area (Å²) in [5.74, 6) is -0.842. The molecule has 1 aliphatic rings. The normalized spacial score (nSPS) is 17.2. The fourth-order valence-electron chi connectivity index (χ4n) is 2.39. The molecule has 0 unspecified atom stereocenters. The Morgan fingerprint density at radius 3 is 2.67 bits per heavy atom. The second kappa shape index (κ2) is 4.77. The first-order chi connectivity index (χ1) is 8.59. The molecular weight excluding hydrogens is 231 g/mol. The second-order valence-corrected chi connectivity index (χ2v) is 4.79. The average Bonchev–Trinajstić information content (AvgIpc) is 2.84. The number of para-hydroxylation sites is 1. The highest BCUT2D eigenvalue weighted by molar-refractivity contribution is 5.98. The number of aryl methyl sites for hydroxylation is 1. The summed E-state index contributed by atoms with van der Waals surface area (Å²) in [7, 11) is 0. The molecule has 1 amide bonds. The van der Waals surface area contributed by atoms with Crippen LogP contribution in [0.5, 0.6) is 0 Å². The molecule has 3 nitrogen and oxygen atoms in total. The molecule has 1 saturated carbocycles. The van der Waals surface area contributed by atoms with Crippen molar-refractivity contribution in [3.8, 4) is 6.07 Å². The minimum Gasteiger partial charge on any atom is -0.322 e. The van der Waals surface area contributed by atoms with Gasteiger partial charge in [-0.1, -0.05) is 25.0 Å². The van der Waals surface area contributed by atoms with Gasteiger partial charge in [0.1, 0.15) is 11.2 Å². The molecular formula is C14H15FN2O. The summed E-state index contributed by atoms with van der Waals surface area (Å²) in [6.45, 7) is 1.73. The minimum absolute atomic E-state index is 0.184. The monoisotopic (exact) mass is 246 g/mol. The fraction of sp³-hybridized carbons (Fsp3) is 0.429. The standard InChI is InChI=1S/C14H15FN2O/c1-10-5-4-6-11(15)12(10)17-13(18)14(9-16)7-2-3-8-14/h4-6H,2-3,7-8H2,1H3,(H,17,18). The van der Waals surface area contributed by atoms with E-state index in [1.54, 1.807) is 19.1 Å². The Bertz CT molecular complexity index is 493. The van der Waals surface area contributed by atoms with E-state index in [1.807, 2.05) is 0 Å². The van der Waals surface area contributed by atoms with Crippen LogP contribution in [-0.4, -0.2) is 5.91 Å². The van der Waals surface area contributed by atoms with Crippen molar-refractivity contribution >= 4 is 11.6 Å². The van der Waals surface area contributed by atoms with Gasteiger partial charge < -0.3 is 5.32 Å². The number of rotatable bonds is 2. The molecule has 4 heteroatoms. The van der Waals surface area contributed by atoms with Gasteiger partial charge in [0, 0.05) is 0 Å². The summed E-state index contributed by atoms with van der Waals surface area (Å²) < 4.78 is 13.6. The number of nitrogens with zero attached hydrogens (tertiary/aromatic N) is 1. The van der Waals surface area contributed by atoms with E-state index in [2.05, 4.69) is 11.4 Å². The first kappa shape index (κ1) is 12.6. The van der Waals surface area contributed by atoms with E-state index in [4.69, 9.17) is 0 Å². The lowest BCUT2D eigenvalue weighted by molar-refractivity contribution is -0.122. The largest absolute Gasteiger partial charge is 0.322 e. The van der Waals surface area contributed by atoms with Crippen molar-refractivity contribution in [3.05, 3.63) is 29.6 Å². The third-order valence-corrected chi connectivity index (χ3v) is 3.57. The molecule has 0 heterocycles. The van der Waals surface area contributed by atoms with Crippen molar-refractivity contribution in [2.45, 2.75) is 32.6 Å². The fourth-order valence-corrected chi connectivity index (χ4v) is 2.39. The number of nitriles is 1. The van der Waals surface area contributed by atoms with E-state index < -0.39 is 11.2 Å². The number of carbonyl (C=O) groups is 1. The van der Waals surface area contributed by atoms with Crippen LogP contribution in [0.15, 0.2) is 18.2 Å². The van der Waals surface area contributed by atoms with Crippen LogP contribution in [0.4, 0.5) is 10.1 Å². The number of anilines is 1. The maximum Gasteiger partial charge on any atom is 0.244 e. The predicted octanol–water partition coefficient (Wildman–Crippen LogP) is 3.16. The summed E-state index contributed by atoms with van der Waals surface area (Å²) in [4.78, 5) is 12.2. The zero-order valence-corrected chi connectivity index (χ0v) is 10.3. The van der Waals surface area contributed by atoms with Crippen LogP contribution in [0, 0.1) is 29.5 Å². The van der Waals surface area contributed by atoms with Crippen LogP contribution >= 0.6 is 0 Å². The van der Waals surface area contributed by atoms with Gasteiger partial charge in [-0.3, -0.25) is 4.79 Å². The van der Waals surface area contributed by atoms with Crippen molar-refractivity contribution in [2.24, 2.45) is 5.41 Å². The molecule has 0 radical (unpaired) electrons. The lowest BCUT2D eigenvalue weighted by Gasteiger charge is -2.20. The molecule has 1 fully saturated rings. The number of benzene rings is 1. The van der Waals surface area contributed by atoms with E-state index in [1.165, 1.54) is 6.07 Å². The molecule has 1 aromatic rings. The van der Waals surface area contributed by atoms with Gasteiger partial charge >= 0.3 is 0 Å². The predicted molar refractivity (Wildman–Crippen MR) is 66.3 cm³/mol. The van der Waals surface area contributed by atoms with Crippen LogP contribution < -0.4 is 5.32 Å². The van der Waals surface area contributed by atoms with Crippen LogP contribution in [0.2, 0.25) is 0 Å². The van der Waals surface area contributed by atoms with E-state index in [0.717, 1.165) is 12.8 Å². The molecule has 18 heavy (non-hydrogen) atoms. The van der Waals surface area contributed by atoms with Gasteiger partial charge in [0.2, 0.25) is 5.91 Å². The zero-order chi connectivity index (χ0) is 13.2. The maximum atomic E-state index is 13.6. The van der Waals surface area contributed by atoms with Crippen LogP contribution in [0.3, 0.4) is 0 Å². The number of hydrogen-bond donors (Lipinski definition) is 1. The van der Waals surface area contributed by atoms with Crippen molar-refractivity contribution in [1.82, 2.24) is 0 Å². The lowest BCUT2D eigenvalue weighted by atomic mass is 9.87. The Hall–Kier alpha value is -1.89. The maximum absolute atomic E-state index is 13.6. The van der Waals surface area contributed by atoms with Crippen molar-refractivity contribution in [3.63, 3.8) is 0 Å². The molecule has 0 aromatic heterocycles. The number of hydrogen-bond acceptors (Lipinski definition) is 2. The minimum atomic E-state index is -0.977. The molecule has 0 saturated heterocycles. The van der Waals surface area contributed by atoms with Gasteiger partial charge in [0.15, 0.2) is 0 Å². The highest BCUT2D eigenvalue weighted by Crippen LogP contribution is 2.38. The third-order valence-electron chi connectivity index (χ3n) is 3.57. The number of carbonyl (C=O) groups excluding carboxylic acids is 1. The van der Waals surface area contributed by atoms with E-state index >= 15 is 0 Å². The van der Waals surface area contributed by atoms with Crippen molar-refractivity contribution in [2.75, 3.05) is 5.32 Å². The molecule has 0 bridgehead atoms. The van der Waals surface area contributed by atoms with Gasteiger partial charge in [-0.25, -0.2) is 4.39 Å². The molecule has 1 aliphatic carbocycles. The van der Waals surface area contributed by atoms with Gasteiger partial charge in [-0.15, -0.1) is 0 Å². The first-order valence-corrected chi connectivity index (χ1v) is 6.07. The molecule has 0 aliphatic heterocycles. The summed E-state index contributed by atoms with van der Waals surface area (Å²) in [5, 5.41) is 11.8. The SMILES string of the molecule is Cc1cccc(F)c1NC(=O)C1(C#N)CCCC1. The van der Waals surface area contributed by atoms with Gasteiger partial charge in [-0.2, -0.15) is 5.26 Å². The lowest BCUT2D eigenvalue weighted by Crippen LogP contribution is -2.32. The Balaban J connectivity index is 2.24. The van der Waals surface area contributed by atoms with Gasteiger partial charge in [0.25, 0.3) is 0 Å². The molecule has 2 rings (SSSR count). The van der Waals surface area contributed by atoms with Crippen LogP contribution in [0.1, 0.15) is 31.2 Å². The molecule has 0 atom stereocenters. The number of halogens is 1. The third kappa shape index (κ3) is 2.08. The van der Waals surface area contributed by atoms with E-state index in [-0.39, 0.29) is 11.6 Å². The number of amides is 1. The van der Waals surface area contributed by atoms with Crippen LogP contribution in [-0.2, 0) is 4.79 Å². The summed E-state index contributed by atoms with van der Waals surface area (Å²) in [6, 6.07) is 6.73. The van der Waals surface area contributed by atoms with E-state index in [0.29, 0.717) is 18.4 Å². The Kier molecular flexibility index (Phi) is 3.33. The molecule has 0 spiro atoms. The smallest absolute Gasteiger partial charge is 0.244 e. The average molecular weight is 246 g/mol. The zero-order valence-electron chi connectivity index (χ0n) is 10.3. The Morgan fingerprint density at radius 1 is 1.44 bits per heavy atom. The Labute approximate surface area is 106 Å². The summed E-state index contributed by atoms with van der Waals surface area (Å²) in [6.07, 6.45) is 2.86. The highest BCUT2D eigenvalue weighted by atomic mass is 19.1. The Morgan fingerprint density at radius 2 is 2.11 bits per heavy atom. The van der Waals surface area contributed by atoms with Gasteiger partial charge in [-0.05, 0) is 31.4 Å². The highest BCUT2D eigenvalue weighted by Gasteiger charge is 2.41. The number of nitrogens with one attached hydrogen (secondary N) is 1. The topological polar surface area (TPSA) is 52.9 Å².